The van der Waals surface area contributed by atoms with Crippen LogP contribution in [0.1, 0.15) is 49.8 Å². The molecule has 138 valence electrons. The van der Waals surface area contributed by atoms with Gasteiger partial charge in [0, 0.05) is 45.1 Å². The SMILES string of the molecule is Cc1ccc(C2(O)CCN(C3CCOC4(CCOCC4)C3)CC2)nc1. The number of aromatic nitrogens is 1. The Labute approximate surface area is 150 Å². The van der Waals surface area contributed by atoms with Crippen LogP contribution in [0.5, 0.6) is 0 Å². The van der Waals surface area contributed by atoms with Crippen molar-refractivity contribution in [1.82, 2.24) is 9.88 Å². The molecule has 1 unspecified atom stereocenters. The highest BCUT2D eigenvalue weighted by Gasteiger charge is 2.43. The van der Waals surface area contributed by atoms with Gasteiger partial charge in [-0.25, -0.2) is 0 Å². The van der Waals surface area contributed by atoms with Gasteiger partial charge in [-0.3, -0.25) is 9.88 Å². The summed E-state index contributed by atoms with van der Waals surface area (Å²) in [5.74, 6) is 0. The van der Waals surface area contributed by atoms with E-state index < -0.39 is 5.60 Å². The molecule has 1 aromatic heterocycles. The summed E-state index contributed by atoms with van der Waals surface area (Å²) in [6, 6.07) is 4.60. The number of likely N-dealkylation sites (tertiary alicyclic amines) is 1. The molecule has 3 aliphatic rings. The lowest BCUT2D eigenvalue weighted by atomic mass is 9.81. The van der Waals surface area contributed by atoms with Crippen molar-refractivity contribution in [1.29, 1.82) is 0 Å². The molecule has 1 N–H and O–H groups in total. The molecule has 25 heavy (non-hydrogen) atoms. The third-order valence-corrected chi connectivity index (χ3v) is 6.40. The highest BCUT2D eigenvalue weighted by molar-refractivity contribution is 5.18. The second-order valence-corrected chi connectivity index (χ2v) is 8.08. The fourth-order valence-corrected chi connectivity index (χ4v) is 4.66. The second-order valence-electron chi connectivity index (χ2n) is 8.08. The summed E-state index contributed by atoms with van der Waals surface area (Å²) in [5, 5.41) is 11.1. The van der Waals surface area contributed by atoms with E-state index in [2.05, 4.69) is 9.88 Å². The first kappa shape index (κ1) is 17.4. The van der Waals surface area contributed by atoms with E-state index in [4.69, 9.17) is 9.47 Å². The zero-order chi connectivity index (χ0) is 17.3. The first-order valence-corrected chi connectivity index (χ1v) is 9.70. The molecule has 1 atom stereocenters. The molecule has 3 aliphatic heterocycles. The smallest absolute Gasteiger partial charge is 0.109 e. The number of pyridine rings is 1. The number of piperidine rings is 1. The van der Waals surface area contributed by atoms with Gasteiger partial charge in [-0.2, -0.15) is 0 Å². The number of hydrogen-bond acceptors (Lipinski definition) is 5. The van der Waals surface area contributed by atoms with Crippen LogP contribution in [0.4, 0.5) is 0 Å². The van der Waals surface area contributed by atoms with Crippen LogP contribution in [0.2, 0.25) is 0 Å². The van der Waals surface area contributed by atoms with Crippen LogP contribution in [-0.4, -0.2) is 59.5 Å². The van der Waals surface area contributed by atoms with Gasteiger partial charge in [0.05, 0.1) is 11.3 Å². The van der Waals surface area contributed by atoms with E-state index in [0.29, 0.717) is 6.04 Å². The molecule has 1 aromatic rings. The Hall–Kier alpha value is -1.01. The second kappa shape index (κ2) is 6.95. The number of hydrogen-bond donors (Lipinski definition) is 1. The third kappa shape index (κ3) is 3.61. The van der Waals surface area contributed by atoms with Crippen LogP contribution < -0.4 is 0 Å². The number of rotatable bonds is 2. The van der Waals surface area contributed by atoms with E-state index in [1.807, 2.05) is 25.3 Å². The van der Waals surface area contributed by atoms with E-state index in [9.17, 15) is 5.11 Å². The highest BCUT2D eigenvalue weighted by Crippen LogP contribution is 2.39. The summed E-state index contributed by atoms with van der Waals surface area (Å²) in [4.78, 5) is 7.05. The van der Waals surface area contributed by atoms with Crippen molar-refractivity contribution < 1.29 is 14.6 Å². The minimum atomic E-state index is -0.772. The average Bonchev–Trinajstić information content (AvgIpc) is 2.63. The van der Waals surface area contributed by atoms with Crippen LogP contribution in [0.3, 0.4) is 0 Å². The van der Waals surface area contributed by atoms with Gasteiger partial charge in [0.2, 0.25) is 0 Å². The van der Waals surface area contributed by atoms with E-state index in [-0.39, 0.29) is 5.60 Å². The first-order chi connectivity index (χ1) is 12.1. The molecule has 4 rings (SSSR count). The third-order valence-electron chi connectivity index (χ3n) is 6.40. The standard InChI is InChI=1S/C20H30N2O3/c1-16-2-3-18(21-15-16)20(23)5-9-22(10-6-20)17-4-11-25-19(14-17)7-12-24-13-8-19/h2-3,15,17,23H,4-14H2,1H3. The van der Waals surface area contributed by atoms with Crippen LogP contribution in [0.25, 0.3) is 0 Å². The minimum Gasteiger partial charge on any atom is -0.383 e. The van der Waals surface area contributed by atoms with E-state index in [1.54, 1.807) is 0 Å². The predicted octanol–water partition coefficient (Wildman–Crippen LogP) is 2.40. The molecule has 0 aliphatic carbocycles. The molecule has 0 radical (unpaired) electrons. The van der Waals surface area contributed by atoms with E-state index in [0.717, 1.165) is 82.7 Å². The van der Waals surface area contributed by atoms with Gasteiger partial charge in [0.25, 0.3) is 0 Å². The molecule has 0 bridgehead atoms. The molecular weight excluding hydrogens is 316 g/mol. The Morgan fingerprint density at radius 3 is 2.56 bits per heavy atom. The Kier molecular flexibility index (Phi) is 4.84. The van der Waals surface area contributed by atoms with E-state index in [1.165, 1.54) is 0 Å². The lowest BCUT2D eigenvalue weighted by Crippen LogP contribution is -2.54. The average molecular weight is 346 g/mol. The van der Waals surface area contributed by atoms with Gasteiger partial charge in [-0.1, -0.05) is 6.07 Å². The molecule has 0 aromatic carbocycles. The Bertz CT molecular complexity index is 570. The van der Waals surface area contributed by atoms with Crippen LogP contribution >= 0.6 is 0 Å². The van der Waals surface area contributed by atoms with Crippen molar-refractivity contribution in [3.63, 3.8) is 0 Å². The summed E-state index contributed by atoms with van der Waals surface area (Å²) in [6.07, 6.45) is 7.63. The summed E-state index contributed by atoms with van der Waals surface area (Å²) < 4.78 is 11.7. The predicted molar refractivity (Wildman–Crippen MR) is 95.4 cm³/mol. The molecule has 5 nitrogen and oxygen atoms in total. The molecule has 1 spiro atoms. The highest BCUT2D eigenvalue weighted by atomic mass is 16.5. The monoisotopic (exact) mass is 346 g/mol. The molecule has 0 amide bonds. The van der Waals surface area contributed by atoms with Crippen molar-refractivity contribution in [2.75, 3.05) is 32.9 Å². The summed E-state index contributed by atoms with van der Waals surface area (Å²) in [5.41, 5.74) is 1.22. The molecule has 5 heteroatoms. The fourth-order valence-electron chi connectivity index (χ4n) is 4.66. The van der Waals surface area contributed by atoms with Gasteiger partial charge in [0.1, 0.15) is 5.60 Å². The summed E-state index contributed by atoms with van der Waals surface area (Å²) in [7, 11) is 0. The van der Waals surface area contributed by atoms with E-state index >= 15 is 0 Å². The molecule has 0 saturated carbocycles. The van der Waals surface area contributed by atoms with Gasteiger partial charge < -0.3 is 14.6 Å². The van der Waals surface area contributed by atoms with Crippen molar-refractivity contribution in [2.45, 2.75) is 62.7 Å². The molecule has 3 fully saturated rings. The van der Waals surface area contributed by atoms with Gasteiger partial charge >= 0.3 is 0 Å². The zero-order valence-corrected chi connectivity index (χ0v) is 15.2. The summed E-state index contributed by atoms with van der Waals surface area (Å²) in [6.45, 7) is 6.40. The Morgan fingerprint density at radius 1 is 1.12 bits per heavy atom. The van der Waals surface area contributed by atoms with Crippen molar-refractivity contribution in [2.24, 2.45) is 0 Å². The molecular formula is C20H30N2O3. The van der Waals surface area contributed by atoms with Gasteiger partial charge in [-0.15, -0.1) is 0 Å². The number of aryl methyl sites for hydroxylation is 1. The van der Waals surface area contributed by atoms with Gasteiger partial charge in [-0.05, 0) is 57.1 Å². The largest absolute Gasteiger partial charge is 0.383 e. The van der Waals surface area contributed by atoms with Crippen LogP contribution in [0, 0.1) is 6.92 Å². The van der Waals surface area contributed by atoms with Crippen molar-refractivity contribution >= 4 is 0 Å². The Morgan fingerprint density at radius 2 is 1.88 bits per heavy atom. The van der Waals surface area contributed by atoms with Gasteiger partial charge in [0.15, 0.2) is 0 Å². The quantitative estimate of drug-likeness (QED) is 0.891. The zero-order valence-electron chi connectivity index (χ0n) is 15.2. The fraction of sp³-hybridized carbons (Fsp3) is 0.750. The number of nitrogens with zero attached hydrogens (tertiary/aromatic N) is 2. The normalized spacial score (nSPS) is 29.6. The maximum absolute atomic E-state index is 11.1. The summed E-state index contributed by atoms with van der Waals surface area (Å²) >= 11 is 0. The van der Waals surface area contributed by atoms with Crippen LogP contribution in [-0.2, 0) is 15.1 Å². The molecule has 4 heterocycles. The lowest BCUT2D eigenvalue weighted by molar-refractivity contribution is -0.156. The lowest BCUT2D eigenvalue weighted by Gasteiger charge is -2.48. The van der Waals surface area contributed by atoms with Crippen LogP contribution in [0.15, 0.2) is 18.3 Å². The molecule has 3 saturated heterocycles. The number of aliphatic hydroxyl groups is 1. The van der Waals surface area contributed by atoms with Crippen molar-refractivity contribution in [3.8, 4) is 0 Å². The number of ether oxygens (including phenoxy) is 2. The maximum Gasteiger partial charge on any atom is 0.109 e. The topological polar surface area (TPSA) is 54.8 Å². The Balaban J connectivity index is 1.39. The maximum atomic E-state index is 11.1. The van der Waals surface area contributed by atoms with Crippen molar-refractivity contribution in [3.05, 3.63) is 29.6 Å². The minimum absolute atomic E-state index is 0.0351. The first-order valence-electron chi connectivity index (χ1n) is 9.70.